The van der Waals surface area contributed by atoms with Gasteiger partial charge in [-0.15, -0.1) is 0 Å². The second kappa shape index (κ2) is 0.535. The van der Waals surface area contributed by atoms with Gasteiger partial charge in [0, 0.05) is 12.0 Å². The summed E-state index contributed by atoms with van der Waals surface area (Å²) in [6.07, 6.45) is 2.84. The van der Waals surface area contributed by atoms with E-state index in [0.29, 0.717) is 0 Å². The molecule has 0 fully saturated rings. The molecule has 1 heterocycles. The molecule has 1 heteroatoms. The van der Waals surface area contributed by atoms with Crippen molar-refractivity contribution in [2.75, 3.05) is 0 Å². The Bertz CT molecular complexity index is 148. The van der Waals surface area contributed by atoms with Crippen molar-refractivity contribution in [2.45, 2.75) is 6.42 Å². The number of fused-ring (bicyclic) bond motifs is 1. The van der Waals surface area contributed by atoms with Gasteiger partial charge in [-0.25, -0.2) is 0 Å². The summed E-state index contributed by atoms with van der Waals surface area (Å²) in [5.41, 5.74) is 1.38. The quantitative estimate of drug-likeness (QED) is 0.463. The van der Waals surface area contributed by atoms with Crippen molar-refractivity contribution in [3.8, 4) is 0 Å². The largest absolute Gasteiger partial charge is 0.469 e. The monoisotopic (exact) mass is 80.0 g/mol. The average Bonchev–Trinajstić information content (AvgIpc) is 2.17. The van der Waals surface area contributed by atoms with E-state index >= 15 is 0 Å². The van der Waals surface area contributed by atoms with E-state index < -0.39 is 0 Å². The molecule has 0 unspecified atom stereocenters. The van der Waals surface area contributed by atoms with Gasteiger partial charge in [0.05, 0.1) is 6.26 Å². The van der Waals surface area contributed by atoms with Crippen molar-refractivity contribution in [1.29, 1.82) is 0 Å². The van der Waals surface area contributed by atoms with E-state index in [0.717, 1.165) is 6.42 Å². The molecular formula is C5H4O. The molecule has 1 aliphatic carbocycles. The van der Waals surface area contributed by atoms with Crippen molar-refractivity contribution >= 4 is 0 Å². The summed E-state index contributed by atoms with van der Waals surface area (Å²) >= 11 is 0. The van der Waals surface area contributed by atoms with Crippen LogP contribution in [-0.2, 0) is 6.42 Å². The lowest BCUT2D eigenvalue weighted by molar-refractivity contribution is 0.548. The molecule has 1 nitrogen and oxygen atoms in total. The van der Waals surface area contributed by atoms with Gasteiger partial charge in [-0.2, -0.15) is 0 Å². The number of rotatable bonds is 0. The first-order valence-corrected chi connectivity index (χ1v) is 2.02. The van der Waals surface area contributed by atoms with Gasteiger partial charge in [-0.1, -0.05) is 0 Å². The Labute approximate surface area is 35.6 Å². The van der Waals surface area contributed by atoms with E-state index in [2.05, 4.69) is 0 Å². The van der Waals surface area contributed by atoms with Crippen molar-refractivity contribution in [3.05, 3.63) is 23.7 Å². The molecule has 0 amide bonds. The van der Waals surface area contributed by atoms with E-state index in [-0.39, 0.29) is 0 Å². The van der Waals surface area contributed by atoms with Crippen LogP contribution in [0.5, 0.6) is 0 Å². The first kappa shape index (κ1) is 2.45. The first-order valence-electron chi connectivity index (χ1n) is 2.02. The fourth-order valence-corrected chi connectivity index (χ4v) is 0.596. The lowest BCUT2D eigenvalue weighted by Gasteiger charge is -1.61. The molecule has 0 spiro atoms. The third-order valence-electron chi connectivity index (χ3n) is 1.06. The summed E-state index contributed by atoms with van der Waals surface area (Å²) < 4.78 is 4.93. The van der Waals surface area contributed by atoms with E-state index in [1.165, 1.54) is 11.3 Å². The van der Waals surface area contributed by atoms with Crippen molar-refractivity contribution < 1.29 is 4.42 Å². The van der Waals surface area contributed by atoms with Gasteiger partial charge in [0.15, 0.2) is 0 Å². The predicted octanol–water partition coefficient (Wildman–Crippen LogP) is 1.18. The Hall–Kier alpha value is -0.720. The summed E-state index contributed by atoms with van der Waals surface area (Å²) in [6.45, 7) is 0. The SMILES string of the molecule is c1cc2c(o1)C2. The van der Waals surface area contributed by atoms with Crippen LogP contribution in [0.4, 0.5) is 0 Å². The van der Waals surface area contributed by atoms with Crippen molar-refractivity contribution in [3.63, 3.8) is 0 Å². The van der Waals surface area contributed by atoms with Crippen LogP contribution in [-0.4, -0.2) is 0 Å². The molecule has 30 valence electrons. The van der Waals surface area contributed by atoms with Gasteiger partial charge in [-0.3, -0.25) is 0 Å². The normalized spacial score (nSPS) is 14.0. The highest BCUT2D eigenvalue weighted by Crippen LogP contribution is 2.27. The number of hydrogen-bond acceptors (Lipinski definition) is 1. The van der Waals surface area contributed by atoms with Crippen LogP contribution in [0.1, 0.15) is 11.3 Å². The highest BCUT2D eigenvalue weighted by molar-refractivity contribution is 5.35. The molecule has 0 aromatic carbocycles. The minimum atomic E-state index is 1.11. The minimum absolute atomic E-state index is 1.11. The van der Waals surface area contributed by atoms with E-state index in [1.54, 1.807) is 6.26 Å². The third kappa shape index (κ3) is 0.134. The average molecular weight is 80.1 g/mol. The fraction of sp³-hybridized carbons (Fsp3) is 0.200. The van der Waals surface area contributed by atoms with Crippen LogP contribution in [0.3, 0.4) is 0 Å². The second-order valence-electron chi connectivity index (χ2n) is 1.55. The molecule has 1 aromatic heterocycles. The zero-order valence-electron chi connectivity index (χ0n) is 3.27. The summed E-state index contributed by atoms with van der Waals surface area (Å²) in [6, 6.07) is 2.01. The summed E-state index contributed by atoms with van der Waals surface area (Å²) in [5, 5.41) is 0. The van der Waals surface area contributed by atoms with Gasteiger partial charge in [0.25, 0.3) is 0 Å². The molecule has 0 saturated carbocycles. The van der Waals surface area contributed by atoms with Gasteiger partial charge >= 0.3 is 0 Å². The Morgan fingerprint density at radius 2 is 2.67 bits per heavy atom. The predicted molar refractivity (Wildman–Crippen MR) is 21.5 cm³/mol. The fourth-order valence-electron chi connectivity index (χ4n) is 0.596. The van der Waals surface area contributed by atoms with Crippen LogP contribution in [0, 0.1) is 0 Å². The summed E-state index contributed by atoms with van der Waals surface area (Å²) in [4.78, 5) is 0. The van der Waals surface area contributed by atoms with Crippen LogP contribution < -0.4 is 0 Å². The van der Waals surface area contributed by atoms with Crippen molar-refractivity contribution in [2.24, 2.45) is 0 Å². The molecule has 0 aliphatic heterocycles. The van der Waals surface area contributed by atoms with Crippen LogP contribution in [0.15, 0.2) is 16.7 Å². The molecule has 0 bridgehead atoms. The van der Waals surface area contributed by atoms with E-state index in [9.17, 15) is 0 Å². The van der Waals surface area contributed by atoms with Crippen LogP contribution in [0.25, 0.3) is 0 Å². The lowest BCUT2D eigenvalue weighted by atomic mass is 10.6. The minimum Gasteiger partial charge on any atom is -0.469 e. The highest BCUT2D eigenvalue weighted by Gasteiger charge is 2.18. The zero-order valence-corrected chi connectivity index (χ0v) is 3.27. The molecule has 6 heavy (non-hydrogen) atoms. The summed E-state index contributed by atoms with van der Waals surface area (Å²) in [7, 11) is 0. The van der Waals surface area contributed by atoms with Crippen LogP contribution in [0.2, 0.25) is 0 Å². The molecule has 0 saturated heterocycles. The Morgan fingerprint density at radius 3 is 2.83 bits per heavy atom. The highest BCUT2D eigenvalue weighted by atomic mass is 16.3. The van der Waals surface area contributed by atoms with Crippen LogP contribution >= 0.6 is 0 Å². The van der Waals surface area contributed by atoms with Crippen molar-refractivity contribution in [1.82, 2.24) is 0 Å². The van der Waals surface area contributed by atoms with Gasteiger partial charge in [-0.05, 0) is 6.07 Å². The Kier molecular flexibility index (Phi) is 0.219. The molecule has 2 rings (SSSR count). The lowest BCUT2D eigenvalue weighted by Crippen LogP contribution is -1.42. The van der Waals surface area contributed by atoms with E-state index in [1.807, 2.05) is 6.07 Å². The standard InChI is InChI=1S/C5H4O/c1-2-6-5-3-4(1)5/h1-2H,3H2. The maximum atomic E-state index is 4.93. The molecule has 0 atom stereocenters. The maximum absolute atomic E-state index is 4.93. The first-order chi connectivity index (χ1) is 2.97. The number of furan rings is 1. The zero-order chi connectivity index (χ0) is 3.98. The smallest absolute Gasteiger partial charge is 0.111 e. The molecule has 1 aliphatic rings. The Balaban J connectivity index is 2.88. The maximum Gasteiger partial charge on any atom is 0.111 e. The number of hydrogen-bond donors (Lipinski definition) is 0. The molecule has 0 radical (unpaired) electrons. The second-order valence-corrected chi connectivity index (χ2v) is 1.55. The third-order valence-corrected chi connectivity index (χ3v) is 1.06. The molecule has 0 N–H and O–H groups in total. The van der Waals surface area contributed by atoms with Gasteiger partial charge in [0.1, 0.15) is 5.76 Å². The summed E-state index contributed by atoms with van der Waals surface area (Å²) in [5.74, 6) is 1.18. The Morgan fingerprint density at radius 1 is 1.67 bits per heavy atom. The van der Waals surface area contributed by atoms with E-state index in [4.69, 9.17) is 4.42 Å². The molecular weight excluding hydrogens is 76.1 g/mol. The van der Waals surface area contributed by atoms with Gasteiger partial charge in [0.2, 0.25) is 0 Å². The van der Waals surface area contributed by atoms with Gasteiger partial charge < -0.3 is 4.42 Å². The topological polar surface area (TPSA) is 13.1 Å². The molecule has 1 aromatic rings.